The molecule has 2 fully saturated rings. The molecule has 2 nitrogen and oxygen atoms in total. The Kier molecular flexibility index (Phi) is 2.14. The number of hydrogen-bond acceptors (Lipinski definition) is 2. The molecule has 64 valence electrons. The maximum atomic E-state index is 3.59. The Hall–Kier alpha value is -0.0800. The molecule has 2 aliphatic rings. The van der Waals surface area contributed by atoms with E-state index in [-0.39, 0.29) is 0 Å². The Morgan fingerprint density at radius 2 is 1.73 bits per heavy atom. The van der Waals surface area contributed by atoms with Gasteiger partial charge in [0.25, 0.3) is 0 Å². The summed E-state index contributed by atoms with van der Waals surface area (Å²) in [6.45, 7) is 4.69. The molecule has 1 saturated heterocycles. The average Bonchev–Trinajstić information content (AvgIpc) is 2.04. The van der Waals surface area contributed by atoms with E-state index >= 15 is 0 Å². The molecule has 0 radical (unpaired) electrons. The van der Waals surface area contributed by atoms with Gasteiger partial charge in [-0.3, -0.25) is 0 Å². The summed E-state index contributed by atoms with van der Waals surface area (Å²) in [4.78, 5) is 0. The second-order valence-corrected chi connectivity index (χ2v) is 4.04. The van der Waals surface area contributed by atoms with E-state index in [1.165, 1.54) is 19.3 Å². The maximum absolute atomic E-state index is 3.59. The fourth-order valence-corrected chi connectivity index (χ4v) is 2.37. The van der Waals surface area contributed by atoms with Crippen LogP contribution in [0.3, 0.4) is 0 Å². The van der Waals surface area contributed by atoms with Crippen LogP contribution in [0.15, 0.2) is 0 Å². The van der Waals surface area contributed by atoms with Gasteiger partial charge >= 0.3 is 0 Å². The van der Waals surface area contributed by atoms with Crippen LogP contribution < -0.4 is 10.6 Å². The monoisotopic (exact) mass is 154 g/mol. The van der Waals surface area contributed by atoms with Crippen molar-refractivity contribution >= 4 is 0 Å². The number of piperazine rings is 1. The van der Waals surface area contributed by atoms with Gasteiger partial charge in [0, 0.05) is 25.2 Å². The smallest absolute Gasteiger partial charge is 0.0224 e. The summed E-state index contributed by atoms with van der Waals surface area (Å²) in [7, 11) is 0. The second-order valence-electron chi connectivity index (χ2n) is 4.04. The Balaban J connectivity index is 1.93. The first-order chi connectivity index (χ1) is 5.36. The van der Waals surface area contributed by atoms with Crippen LogP contribution in [0.5, 0.6) is 0 Å². The van der Waals surface area contributed by atoms with Gasteiger partial charge in [-0.1, -0.05) is 6.92 Å². The normalized spacial score (nSPS) is 45.0. The lowest BCUT2D eigenvalue weighted by Gasteiger charge is -2.39. The van der Waals surface area contributed by atoms with E-state index in [0.29, 0.717) is 0 Å². The first kappa shape index (κ1) is 7.56. The highest BCUT2D eigenvalue weighted by atomic mass is 15.1. The summed E-state index contributed by atoms with van der Waals surface area (Å²) < 4.78 is 0. The highest BCUT2D eigenvalue weighted by Crippen LogP contribution is 2.24. The predicted molar refractivity (Wildman–Crippen MR) is 46.6 cm³/mol. The summed E-state index contributed by atoms with van der Waals surface area (Å²) in [5.41, 5.74) is 0. The second kappa shape index (κ2) is 3.11. The topological polar surface area (TPSA) is 24.1 Å². The summed E-state index contributed by atoms with van der Waals surface area (Å²) in [5.74, 6) is 0.934. The minimum absolute atomic E-state index is 0.771. The highest BCUT2D eigenvalue weighted by molar-refractivity contribution is 4.91. The van der Waals surface area contributed by atoms with Crippen LogP contribution >= 0.6 is 0 Å². The zero-order valence-corrected chi connectivity index (χ0v) is 7.27. The molecule has 0 bridgehead atoms. The molecule has 0 aromatic rings. The van der Waals surface area contributed by atoms with Crippen molar-refractivity contribution in [3.63, 3.8) is 0 Å². The molecule has 2 N–H and O–H groups in total. The molecule has 2 rings (SSSR count). The molecule has 0 spiro atoms. The summed E-state index contributed by atoms with van der Waals surface area (Å²) in [5, 5.41) is 7.17. The molecule has 3 atom stereocenters. The minimum Gasteiger partial charge on any atom is -0.311 e. The van der Waals surface area contributed by atoms with Gasteiger partial charge in [0.05, 0.1) is 0 Å². The van der Waals surface area contributed by atoms with E-state index < -0.39 is 0 Å². The molecule has 1 aliphatic heterocycles. The van der Waals surface area contributed by atoms with E-state index in [1.807, 2.05) is 0 Å². The van der Waals surface area contributed by atoms with Crippen molar-refractivity contribution in [1.29, 1.82) is 0 Å². The van der Waals surface area contributed by atoms with Crippen LogP contribution in [0.2, 0.25) is 0 Å². The minimum atomic E-state index is 0.771. The zero-order valence-electron chi connectivity index (χ0n) is 7.27. The Morgan fingerprint density at radius 1 is 1.00 bits per heavy atom. The molecule has 1 saturated carbocycles. The third-order valence-electron chi connectivity index (χ3n) is 3.05. The summed E-state index contributed by atoms with van der Waals surface area (Å²) in [6.07, 6.45) is 4.16. The summed E-state index contributed by atoms with van der Waals surface area (Å²) in [6, 6.07) is 1.55. The molecule has 0 amide bonds. The van der Waals surface area contributed by atoms with Gasteiger partial charge in [-0.2, -0.15) is 0 Å². The van der Waals surface area contributed by atoms with E-state index in [1.54, 1.807) is 0 Å². The van der Waals surface area contributed by atoms with Gasteiger partial charge in [-0.25, -0.2) is 0 Å². The van der Waals surface area contributed by atoms with Crippen LogP contribution in [0.25, 0.3) is 0 Å². The lowest BCUT2D eigenvalue weighted by atomic mass is 9.82. The highest BCUT2D eigenvalue weighted by Gasteiger charge is 2.29. The largest absolute Gasteiger partial charge is 0.311 e. The van der Waals surface area contributed by atoms with Crippen LogP contribution in [0, 0.1) is 5.92 Å². The first-order valence-corrected chi connectivity index (χ1v) is 4.83. The van der Waals surface area contributed by atoms with Crippen molar-refractivity contribution < 1.29 is 0 Å². The van der Waals surface area contributed by atoms with Crippen LogP contribution in [0.1, 0.15) is 26.2 Å². The Bertz CT molecular complexity index is 136. The molecule has 0 aromatic carbocycles. The zero-order chi connectivity index (χ0) is 7.68. The van der Waals surface area contributed by atoms with Gasteiger partial charge < -0.3 is 10.6 Å². The first-order valence-electron chi connectivity index (χ1n) is 4.83. The number of hydrogen-bond donors (Lipinski definition) is 2. The molecule has 0 unspecified atom stereocenters. The quantitative estimate of drug-likeness (QED) is 0.537. The lowest BCUT2D eigenvalue weighted by molar-refractivity contribution is 0.210. The third kappa shape index (κ3) is 1.57. The molecular formula is C9H18N2. The van der Waals surface area contributed by atoms with E-state index in [0.717, 1.165) is 31.1 Å². The number of nitrogens with one attached hydrogen (secondary N) is 2. The fourth-order valence-electron chi connectivity index (χ4n) is 2.37. The van der Waals surface area contributed by atoms with Crippen LogP contribution in [-0.4, -0.2) is 25.2 Å². The third-order valence-corrected chi connectivity index (χ3v) is 3.05. The van der Waals surface area contributed by atoms with Crippen molar-refractivity contribution in [2.45, 2.75) is 38.3 Å². The maximum Gasteiger partial charge on any atom is 0.0224 e. The van der Waals surface area contributed by atoms with Gasteiger partial charge in [0.2, 0.25) is 0 Å². The van der Waals surface area contributed by atoms with E-state index in [2.05, 4.69) is 17.6 Å². The Labute approximate surface area is 68.7 Å². The van der Waals surface area contributed by atoms with Crippen molar-refractivity contribution in [3.05, 3.63) is 0 Å². The molecule has 2 heteroatoms. The van der Waals surface area contributed by atoms with Gasteiger partial charge in [0.15, 0.2) is 0 Å². The Morgan fingerprint density at radius 3 is 2.55 bits per heavy atom. The van der Waals surface area contributed by atoms with Gasteiger partial charge in [-0.05, 0) is 25.2 Å². The fraction of sp³-hybridized carbons (Fsp3) is 1.00. The van der Waals surface area contributed by atoms with Crippen LogP contribution in [0.4, 0.5) is 0 Å². The molecule has 0 aromatic heterocycles. The average molecular weight is 154 g/mol. The standard InChI is InChI=1S/C9H18N2/c1-7-2-3-8-9(6-7)11-5-4-10-8/h7-11H,2-6H2,1H3/t7-,8+,9+/m0/s1. The van der Waals surface area contributed by atoms with Gasteiger partial charge in [-0.15, -0.1) is 0 Å². The van der Waals surface area contributed by atoms with Gasteiger partial charge in [0.1, 0.15) is 0 Å². The SMILES string of the molecule is C[C@H]1CC[C@H]2NCCN[C@@H]2C1. The molecule has 11 heavy (non-hydrogen) atoms. The van der Waals surface area contributed by atoms with E-state index in [4.69, 9.17) is 0 Å². The summed E-state index contributed by atoms with van der Waals surface area (Å²) >= 11 is 0. The van der Waals surface area contributed by atoms with Crippen molar-refractivity contribution in [2.24, 2.45) is 5.92 Å². The lowest BCUT2D eigenvalue weighted by Crippen LogP contribution is -2.58. The molecule has 1 aliphatic carbocycles. The molecule has 1 heterocycles. The number of rotatable bonds is 0. The number of fused-ring (bicyclic) bond motifs is 1. The van der Waals surface area contributed by atoms with Crippen molar-refractivity contribution in [1.82, 2.24) is 10.6 Å². The van der Waals surface area contributed by atoms with Crippen LogP contribution in [-0.2, 0) is 0 Å². The van der Waals surface area contributed by atoms with Crippen molar-refractivity contribution in [2.75, 3.05) is 13.1 Å². The van der Waals surface area contributed by atoms with Crippen molar-refractivity contribution in [3.8, 4) is 0 Å². The molecular weight excluding hydrogens is 136 g/mol. The predicted octanol–water partition coefficient (Wildman–Crippen LogP) is 0.736. The van der Waals surface area contributed by atoms with E-state index in [9.17, 15) is 0 Å².